The summed E-state index contributed by atoms with van der Waals surface area (Å²) in [6.07, 6.45) is 40.6. The summed E-state index contributed by atoms with van der Waals surface area (Å²) in [5, 5.41) is 13.9. The summed E-state index contributed by atoms with van der Waals surface area (Å²) in [5.41, 5.74) is 0. The first-order valence-corrected chi connectivity index (χ1v) is 24.0. The maximum Gasteiger partial charge on any atom is 0.268 e. The Hall–Kier alpha value is -0.760. The molecule has 0 bridgehead atoms. The molecule has 0 aromatic rings. The summed E-state index contributed by atoms with van der Waals surface area (Å²) in [4.78, 5) is 25.3. The van der Waals surface area contributed by atoms with Crippen LogP contribution >= 0.6 is 7.82 Å². The van der Waals surface area contributed by atoms with Gasteiger partial charge in [-0.05, 0) is 38.5 Å². The molecule has 1 unspecified atom stereocenters. The van der Waals surface area contributed by atoms with Crippen LogP contribution in [0.3, 0.4) is 0 Å². The lowest BCUT2D eigenvalue weighted by atomic mass is 10.0. The molecular formula is C44H89N2O6P. The average Bonchev–Trinajstić information content (AvgIpc) is 3.10. The molecule has 0 aromatic heterocycles. The molecule has 316 valence electrons. The highest BCUT2D eigenvalue weighted by Gasteiger charge is 2.24. The highest BCUT2D eigenvalue weighted by molar-refractivity contribution is 7.45. The van der Waals surface area contributed by atoms with Crippen LogP contribution in [0.4, 0.5) is 0 Å². The summed E-state index contributed by atoms with van der Waals surface area (Å²) in [5.74, 6) is -0.173. The Balaban J connectivity index is 4.35. The third-order valence-electron chi connectivity index (χ3n) is 10.3. The molecule has 8 nitrogen and oxygen atoms in total. The number of allylic oxidation sites excluding steroid dienone is 2. The Morgan fingerprint density at radius 3 is 1.47 bits per heavy atom. The van der Waals surface area contributed by atoms with E-state index in [2.05, 4.69) is 31.3 Å². The summed E-state index contributed by atoms with van der Waals surface area (Å²) in [7, 11) is 1.30. The molecule has 0 radical (unpaired) electrons. The predicted octanol–water partition coefficient (Wildman–Crippen LogP) is 11.7. The smallest absolute Gasteiger partial charge is 0.268 e. The van der Waals surface area contributed by atoms with E-state index in [0.717, 1.165) is 51.4 Å². The van der Waals surface area contributed by atoms with Gasteiger partial charge in [0.2, 0.25) is 5.91 Å². The molecule has 53 heavy (non-hydrogen) atoms. The number of unbranched alkanes of at least 4 members (excludes halogenated alkanes) is 26. The lowest BCUT2D eigenvalue weighted by Crippen LogP contribution is -2.46. The maximum atomic E-state index is 12.8. The Morgan fingerprint density at radius 2 is 1.04 bits per heavy atom. The van der Waals surface area contributed by atoms with Crippen LogP contribution in [-0.4, -0.2) is 68.5 Å². The van der Waals surface area contributed by atoms with Crippen molar-refractivity contribution >= 4 is 13.7 Å². The zero-order chi connectivity index (χ0) is 39.3. The lowest BCUT2D eigenvalue weighted by molar-refractivity contribution is -0.870. The minimum absolute atomic E-state index is 0.0124. The van der Waals surface area contributed by atoms with E-state index in [-0.39, 0.29) is 19.1 Å². The van der Waals surface area contributed by atoms with Gasteiger partial charge < -0.3 is 28.8 Å². The number of nitrogens with zero attached hydrogens (tertiary/aromatic N) is 1. The van der Waals surface area contributed by atoms with Gasteiger partial charge in [0.15, 0.2) is 0 Å². The van der Waals surface area contributed by atoms with Crippen molar-refractivity contribution in [2.45, 2.75) is 225 Å². The molecule has 2 N–H and O–H groups in total. The van der Waals surface area contributed by atoms with E-state index in [0.29, 0.717) is 23.9 Å². The Bertz CT molecular complexity index is 880. The number of carbonyl (C=O) groups excluding carboxylic acids is 1. The molecule has 0 rings (SSSR count). The van der Waals surface area contributed by atoms with E-state index < -0.39 is 20.0 Å². The van der Waals surface area contributed by atoms with E-state index in [1.54, 1.807) is 0 Å². The molecule has 0 aliphatic carbocycles. The number of quaternary nitrogens is 1. The molecule has 1 amide bonds. The molecule has 0 aliphatic rings. The standard InChI is InChI=1S/C44H89N2O6P/c1-6-8-10-12-14-16-18-20-22-23-24-25-27-29-31-33-35-37-43(47)42(41-52-53(49,50)51-40-39-46(3,4)5)45-44(48)38-36-34-32-30-28-26-21-19-17-15-13-11-9-7-2/h19,21,42-43,47H,6-18,20,22-41H2,1-5H3,(H-,45,48,49,50)/b21-19+/t42-,43+/m0/s1. The van der Waals surface area contributed by atoms with Crippen LogP contribution in [0.1, 0.15) is 213 Å². The first-order chi connectivity index (χ1) is 25.5. The Labute approximate surface area is 329 Å². The van der Waals surface area contributed by atoms with Crippen LogP contribution in [0.25, 0.3) is 0 Å². The van der Waals surface area contributed by atoms with E-state index in [1.807, 2.05) is 21.1 Å². The molecule has 0 saturated heterocycles. The van der Waals surface area contributed by atoms with Gasteiger partial charge in [0.05, 0.1) is 39.9 Å². The average molecular weight is 773 g/mol. The Kier molecular flexibility index (Phi) is 36.3. The molecule has 0 aromatic carbocycles. The van der Waals surface area contributed by atoms with Crippen molar-refractivity contribution in [2.24, 2.45) is 0 Å². The second-order valence-electron chi connectivity index (χ2n) is 16.8. The Morgan fingerprint density at radius 1 is 0.642 bits per heavy atom. The SMILES string of the molecule is CCCCCCC/C=C/CCCCCCCC(=O)N[C@@H](COP(=O)([O-])OCC[N+](C)(C)C)[C@H](O)CCCCCCCCCCCCCCCCCCC. The van der Waals surface area contributed by atoms with Gasteiger partial charge in [-0.15, -0.1) is 0 Å². The first kappa shape index (κ1) is 52.2. The number of amides is 1. The highest BCUT2D eigenvalue weighted by atomic mass is 31.2. The van der Waals surface area contributed by atoms with Crippen molar-refractivity contribution in [3.05, 3.63) is 12.2 Å². The minimum Gasteiger partial charge on any atom is -0.756 e. The van der Waals surface area contributed by atoms with Gasteiger partial charge in [0, 0.05) is 6.42 Å². The zero-order valence-corrected chi connectivity index (χ0v) is 36.6. The van der Waals surface area contributed by atoms with Crippen LogP contribution in [-0.2, 0) is 18.4 Å². The third-order valence-corrected chi connectivity index (χ3v) is 11.2. The number of aliphatic hydroxyl groups is 1. The topological polar surface area (TPSA) is 108 Å². The molecule has 3 atom stereocenters. The van der Waals surface area contributed by atoms with Gasteiger partial charge in [0.25, 0.3) is 7.82 Å². The van der Waals surface area contributed by atoms with Gasteiger partial charge >= 0.3 is 0 Å². The number of carbonyl (C=O) groups is 1. The van der Waals surface area contributed by atoms with Crippen molar-refractivity contribution in [2.75, 3.05) is 40.9 Å². The summed E-state index contributed by atoms with van der Waals surface area (Å²) < 4.78 is 23.3. The third kappa shape index (κ3) is 39.3. The number of nitrogens with one attached hydrogen (secondary N) is 1. The highest BCUT2D eigenvalue weighted by Crippen LogP contribution is 2.38. The van der Waals surface area contributed by atoms with Gasteiger partial charge in [0.1, 0.15) is 13.2 Å². The number of phosphoric ester groups is 1. The second-order valence-corrected chi connectivity index (χ2v) is 18.2. The number of phosphoric acid groups is 1. The fourth-order valence-electron chi connectivity index (χ4n) is 6.62. The van der Waals surface area contributed by atoms with E-state index in [9.17, 15) is 19.4 Å². The zero-order valence-electron chi connectivity index (χ0n) is 35.7. The van der Waals surface area contributed by atoms with Crippen LogP contribution in [0.2, 0.25) is 0 Å². The van der Waals surface area contributed by atoms with Crippen LogP contribution in [0.5, 0.6) is 0 Å². The second kappa shape index (κ2) is 36.9. The molecule has 0 spiro atoms. The number of hydrogen-bond acceptors (Lipinski definition) is 6. The monoisotopic (exact) mass is 773 g/mol. The number of rotatable bonds is 41. The van der Waals surface area contributed by atoms with E-state index >= 15 is 0 Å². The first-order valence-electron chi connectivity index (χ1n) is 22.5. The number of aliphatic hydroxyl groups excluding tert-OH is 1. The maximum absolute atomic E-state index is 12.8. The lowest BCUT2D eigenvalue weighted by Gasteiger charge is -2.30. The quantitative estimate of drug-likeness (QED) is 0.0277. The largest absolute Gasteiger partial charge is 0.756 e. The molecule has 0 fully saturated rings. The molecular weight excluding hydrogens is 683 g/mol. The van der Waals surface area contributed by atoms with Crippen molar-refractivity contribution in [3.8, 4) is 0 Å². The van der Waals surface area contributed by atoms with Crippen molar-refractivity contribution in [1.82, 2.24) is 5.32 Å². The van der Waals surface area contributed by atoms with Crippen LogP contribution < -0.4 is 10.2 Å². The fraction of sp³-hybridized carbons (Fsp3) is 0.932. The van der Waals surface area contributed by atoms with Crippen LogP contribution in [0.15, 0.2) is 12.2 Å². The van der Waals surface area contributed by atoms with Gasteiger partial charge in [-0.1, -0.05) is 180 Å². The fourth-order valence-corrected chi connectivity index (χ4v) is 7.35. The summed E-state index contributed by atoms with van der Waals surface area (Å²) in [6, 6.07) is -0.800. The van der Waals surface area contributed by atoms with E-state index in [1.165, 1.54) is 135 Å². The van der Waals surface area contributed by atoms with Gasteiger partial charge in [-0.3, -0.25) is 9.36 Å². The van der Waals surface area contributed by atoms with Crippen molar-refractivity contribution in [3.63, 3.8) is 0 Å². The molecule has 0 saturated carbocycles. The molecule has 0 heterocycles. The predicted molar refractivity (Wildman–Crippen MR) is 224 cm³/mol. The molecule has 0 aliphatic heterocycles. The number of hydrogen-bond donors (Lipinski definition) is 2. The molecule has 9 heteroatoms. The minimum atomic E-state index is -4.56. The van der Waals surface area contributed by atoms with Gasteiger partial charge in [-0.2, -0.15) is 0 Å². The van der Waals surface area contributed by atoms with Crippen LogP contribution in [0, 0.1) is 0 Å². The van der Waals surface area contributed by atoms with Gasteiger partial charge in [-0.25, -0.2) is 0 Å². The normalized spacial score (nSPS) is 14.5. The van der Waals surface area contributed by atoms with Crippen molar-refractivity contribution in [1.29, 1.82) is 0 Å². The van der Waals surface area contributed by atoms with E-state index in [4.69, 9.17) is 9.05 Å². The number of likely N-dealkylation sites (N-methyl/N-ethyl adjacent to an activating group) is 1. The summed E-state index contributed by atoms with van der Waals surface area (Å²) in [6.45, 7) is 4.71. The van der Waals surface area contributed by atoms with Crippen molar-refractivity contribution < 1.29 is 32.9 Å². The summed E-state index contributed by atoms with van der Waals surface area (Å²) >= 11 is 0.